The number of carbonyl (C=O) groups is 2. The van der Waals surface area contributed by atoms with E-state index in [0.717, 1.165) is 66.5 Å². The van der Waals surface area contributed by atoms with E-state index in [4.69, 9.17) is 18.3 Å². The normalized spacial score (nSPS) is 14.6. The van der Waals surface area contributed by atoms with Crippen LogP contribution in [0.3, 0.4) is 0 Å². The van der Waals surface area contributed by atoms with Gasteiger partial charge in [0.05, 0.1) is 37.1 Å². The third kappa shape index (κ3) is 8.56. The fourth-order valence-electron chi connectivity index (χ4n) is 5.94. The number of esters is 2. The number of rotatable bonds is 10. The Morgan fingerprint density at radius 2 is 1.25 bits per heavy atom. The Balaban J connectivity index is 0.000000198. The van der Waals surface area contributed by atoms with Gasteiger partial charge in [-0.25, -0.2) is 26.4 Å². The van der Waals surface area contributed by atoms with Crippen LogP contribution in [0.15, 0.2) is 54.2 Å². The number of nitrogens with zero attached hydrogens (tertiary/aromatic N) is 1. The smallest absolute Gasteiger partial charge is 0.342 e. The predicted octanol–water partition coefficient (Wildman–Crippen LogP) is 8.65. The first kappa shape index (κ1) is 38.6. The molecule has 274 valence electrons. The van der Waals surface area contributed by atoms with Crippen LogP contribution in [0.5, 0.6) is 0 Å². The second-order valence-corrected chi connectivity index (χ2v) is 17.5. The van der Waals surface area contributed by atoms with Crippen LogP contribution in [-0.2, 0) is 29.5 Å². The number of anilines is 2. The van der Waals surface area contributed by atoms with E-state index < -0.39 is 32.0 Å². The molecule has 2 aliphatic carbocycles. The summed E-state index contributed by atoms with van der Waals surface area (Å²) >= 11 is 6.76. The quantitative estimate of drug-likeness (QED) is 0.153. The van der Waals surface area contributed by atoms with Gasteiger partial charge >= 0.3 is 11.9 Å². The number of benzene rings is 2. The second kappa shape index (κ2) is 15.6. The molecule has 12 nitrogen and oxygen atoms in total. The van der Waals surface area contributed by atoms with E-state index in [2.05, 4.69) is 48.7 Å². The molecule has 0 bridgehead atoms. The maximum Gasteiger partial charge on any atom is 0.342 e. The second-order valence-electron chi connectivity index (χ2n) is 12.0. The first-order valence-corrected chi connectivity index (χ1v) is 21.5. The summed E-state index contributed by atoms with van der Waals surface area (Å²) in [4.78, 5) is 25.0. The van der Waals surface area contributed by atoms with E-state index in [9.17, 15) is 26.4 Å². The lowest BCUT2D eigenvalue weighted by Gasteiger charge is -2.18. The molecule has 0 saturated heterocycles. The average Bonchev–Trinajstić information content (AvgIpc) is 3.86. The summed E-state index contributed by atoms with van der Waals surface area (Å²) in [7, 11) is -5.40. The Kier molecular flexibility index (Phi) is 11.8. The first-order chi connectivity index (χ1) is 24.0. The van der Waals surface area contributed by atoms with Crippen molar-refractivity contribution in [2.75, 3.05) is 41.8 Å². The molecular formula is C35H38Br2N2O10S2. The standard InChI is InChI=1S/C18H20BrNO5S.C17H18BrNO5S/c1-4-24-18(21)16-12-9-13(19)14(20(2)26(3,22)23)10-15(12)25-17(16)11-7-5-6-8-11;1-3-23-17(20)15-11-8-12(18)13(19-25(2,21)22)9-14(11)24-16(15)10-6-4-5-7-10/h7,9-10H,4-6,8H2,1-3H3;6,8-9,19H,3-5,7H2,1-2H3. The Labute approximate surface area is 313 Å². The van der Waals surface area contributed by atoms with Crippen molar-refractivity contribution in [1.82, 2.24) is 0 Å². The van der Waals surface area contributed by atoms with Crippen molar-refractivity contribution >= 4 is 108 Å². The van der Waals surface area contributed by atoms with Gasteiger partial charge in [-0.15, -0.1) is 0 Å². The van der Waals surface area contributed by atoms with E-state index in [1.165, 1.54) is 7.05 Å². The predicted molar refractivity (Wildman–Crippen MR) is 205 cm³/mol. The van der Waals surface area contributed by atoms with Crippen LogP contribution in [0, 0.1) is 0 Å². The van der Waals surface area contributed by atoms with Crippen molar-refractivity contribution in [2.24, 2.45) is 0 Å². The zero-order chi connectivity index (χ0) is 37.2. The van der Waals surface area contributed by atoms with Crippen LogP contribution in [0.2, 0.25) is 0 Å². The van der Waals surface area contributed by atoms with Gasteiger partial charge in [0.2, 0.25) is 20.0 Å². The van der Waals surface area contributed by atoms with Gasteiger partial charge in [-0.1, -0.05) is 12.2 Å². The fraction of sp³-hybridized carbons (Fsp3) is 0.371. The van der Waals surface area contributed by atoms with Gasteiger partial charge in [-0.2, -0.15) is 0 Å². The molecule has 1 N–H and O–H groups in total. The molecule has 2 heterocycles. The van der Waals surface area contributed by atoms with E-state index in [-0.39, 0.29) is 13.2 Å². The Hall–Kier alpha value is -3.60. The number of ether oxygens (including phenoxy) is 2. The molecule has 4 aromatic rings. The number of hydrogen-bond acceptors (Lipinski definition) is 10. The third-order valence-electron chi connectivity index (χ3n) is 8.29. The summed E-state index contributed by atoms with van der Waals surface area (Å²) in [6.07, 6.45) is 11.9. The van der Waals surface area contributed by atoms with Gasteiger partial charge in [-0.05, 0) is 108 Å². The number of sulfonamides is 2. The number of allylic oxidation sites excluding steroid dienone is 4. The van der Waals surface area contributed by atoms with Crippen LogP contribution in [-0.4, -0.2) is 61.5 Å². The average molecular weight is 871 g/mol. The van der Waals surface area contributed by atoms with E-state index in [1.807, 2.05) is 0 Å². The van der Waals surface area contributed by atoms with Gasteiger partial charge in [0.1, 0.15) is 33.8 Å². The topological polar surface area (TPSA) is 162 Å². The van der Waals surface area contributed by atoms with E-state index in [0.29, 0.717) is 64.9 Å². The maximum atomic E-state index is 12.6. The molecule has 0 fully saturated rings. The first-order valence-electron chi connectivity index (χ1n) is 16.2. The van der Waals surface area contributed by atoms with Gasteiger partial charge < -0.3 is 18.3 Å². The largest absolute Gasteiger partial charge is 0.462 e. The molecule has 0 aliphatic heterocycles. The van der Waals surface area contributed by atoms with Crippen LogP contribution in [0.4, 0.5) is 11.4 Å². The van der Waals surface area contributed by atoms with Crippen molar-refractivity contribution in [3.63, 3.8) is 0 Å². The number of fused-ring (bicyclic) bond motifs is 2. The van der Waals surface area contributed by atoms with Gasteiger partial charge in [0, 0.05) is 38.9 Å². The highest BCUT2D eigenvalue weighted by molar-refractivity contribution is 9.11. The van der Waals surface area contributed by atoms with Gasteiger partial charge in [0.25, 0.3) is 0 Å². The summed E-state index contributed by atoms with van der Waals surface area (Å²) in [5, 5.41) is 1.19. The van der Waals surface area contributed by atoms with Gasteiger partial charge in [0.15, 0.2) is 0 Å². The Morgan fingerprint density at radius 1 is 0.784 bits per heavy atom. The zero-order valence-electron chi connectivity index (χ0n) is 28.7. The van der Waals surface area contributed by atoms with Gasteiger partial charge in [-0.3, -0.25) is 9.03 Å². The van der Waals surface area contributed by atoms with Crippen molar-refractivity contribution < 1.29 is 44.7 Å². The summed E-state index contributed by atoms with van der Waals surface area (Å²) in [5.74, 6) is 0.140. The minimum absolute atomic E-state index is 0.263. The highest BCUT2D eigenvalue weighted by Crippen LogP contribution is 2.42. The molecule has 0 atom stereocenters. The number of halogens is 2. The molecule has 0 amide bonds. The van der Waals surface area contributed by atoms with Crippen molar-refractivity contribution in [1.29, 1.82) is 0 Å². The maximum absolute atomic E-state index is 12.6. The van der Waals surface area contributed by atoms with Crippen LogP contribution in [0.25, 0.3) is 33.1 Å². The Morgan fingerprint density at radius 3 is 1.67 bits per heavy atom. The molecule has 2 aromatic heterocycles. The monoisotopic (exact) mass is 868 g/mol. The lowest BCUT2D eigenvalue weighted by atomic mass is 10.1. The molecule has 0 saturated carbocycles. The number of carbonyl (C=O) groups excluding carboxylic acids is 2. The molecule has 2 aliphatic rings. The van der Waals surface area contributed by atoms with E-state index >= 15 is 0 Å². The molecule has 0 spiro atoms. The highest BCUT2D eigenvalue weighted by Gasteiger charge is 2.29. The number of furan rings is 2. The molecule has 0 radical (unpaired) electrons. The molecule has 2 aromatic carbocycles. The number of nitrogens with one attached hydrogen (secondary N) is 1. The highest BCUT2D eigenvalue weighted by atomic mass is 79.9. The zero-order valence-corrected chi connectivity index (χ0v) is 33.5. The SMILES string of the molecule is CCOC(=O)c1c(C2=CCCC2)oc2cc(N(C)S(C)(=O)=O)c(Br)cc12.CCOC(=O)c1c(C2=CCCC2)oc2cc(NS(C)(=O)=O)c(Br)cc12. The summed E-state index contributed by atoms with van der Waals surface area (Å²) < 4.78 is 73.8. The Bertz CT molecular complexity index is 2300. The fourth-order valence-corrected chi connectivity index (χ4v) is 8.32. The van der Waals surface area contributed by atoms with Crippen LogP contribution in [0.1, 0.15) is 84.6 Å². The lowest BCUT2D eigenvalue weighted by Crippen LogP contribution is -2.25. The summed E-state index contributed by atoms with van der Waals surface area (Å²) in [5.41, 5.74) is 4.42. The van der Waals surface area contributed by atoms with Crippen molar-refractivity contribution in [3.05, 3.63) is 68.0 Å². The van der Waals surface area contributed by atoms with Crippen molar-refractivity contribution in [3.8, 4) is 0 Å². The molecule has 51 heavy (non-hydrogen) atoms. The molecular weight excluding hydrogens is 832 g/mol. The van der Waals surface area contributed by atoms with Crippen molar-refractivity contribution in [2.45, 2.75) is 52.4 Å². The minimum Gasteiger partial charge on any atom is -0.462 e. The summed E-state index contributed by atoms with van der Waals surface area (Å²) in [6, 6.07) is 6.59. The lowest BCUT2D eigenvalue weighted by molar-refractivity contribution is 0.0517. The molecule has 0 unspecified atom stereocenters. The van der Waals surface area contributed by atoms with E-state index in [1.54, 1.807) is 38.1 Å². The van der Waals surface area contributed by atoms with Crippen LogP contribution < -0.4 is 9.03 Å². The number of hydrogen-bond donors (Lipinski definition) is 1. The minimum atomic E-state index is -3.44. The molecule has 6 rings (SSSR count). The molecule has 16 heteroatoms. The third-order valence-corrected chi connectivity index (χ3v) is 11.4. The summed E-state index contributed by atoms with van der Waals surface area (Å²) in [6.45, 7) is 4.03. The van der Waals surface area contributed by atoms with Crippen LogP contribution >= 0.6 is 31.9 Å².